The highest BCUT2D eigenvalue weighted by Gasteiger charge is 2.30. The lowest BCUT2D eigenvalue weighted by molar-refractivity contribution is -0.141. The Morgan fingerprint density at radius 3 is 2.07 bits per heavy atom. The number of ketones is 1. The quantitative estimate of drug-likeness (QED) is 0.111. The topological polar surface area (TPSA) is 232 Å². The van der Waals surface area contributed by atoms with E-state index in [9.17, 15) is 38.7 Å². The Kier molecular flexibility index (Phi) is 14.0. The molecule has 0 saturated carbocycles. The van der Waals surface area contributed by atoms with E-state index in [2.05, 4.69) is 21.3 Å². The molecule has 15 heteroatoms. The van der Waals surface area contributed by atoms with E-state index in [1.54, 1.807) is 56.3 Å². The molecule has 2 rings (SSSR count). The Morgan fingerprint density at radius 2 is 1.47 bits per heavy atom. The maximum absolute atomic E-state index is 12.9. The van der Waals surface area contributed by atoms with Crippen LogP contribution in [0, 0.1) is 5.92 Å². The van der Waals surface area contributed by atoms with Crippen LogP contribution in [0.4, 0.5) is 10.5 Å². The van der Waals surface area contributed by atoms with Gasteiger partial charge in [-0.05, 0) is 42.7 Å². The summed E-state index contributed by atoms with van der Waals surface area (Å²) in [5, 5.41) is 18.6. The Balaban J connectivity index is 1.87. The van der Waals surface area contributed by atoms with Crippen LogP contribution < -0.4 is 27.0 Å². The molecule has 2 aromatic rings. The highest BCUT2D eigenvalue weighted by molar-refractivity contribution is 5.97. The predicted octanol–water partition coefficient (Wildman–Crippen LogP) is 0.526. The number of nitrogens with two attached hydrogens (primary N) is 1. The fourth-order valence-electron chi connectivity index (χ4n) is 3.71. The lowest BCUT2D eigenvalue weighted by atomic mass is 10.0. The monoisotopic (exact) mass is 627 g/mol. The van der Waals surface area contributed by atoms with Crippen LogP contribution >= 0.6 is 0 Å². The number of carbonyl (C=O) groups excluding carboxylic acids is 6. The Hall–Kier alpha value is -5.47. The molecule has 0 bridgehead atoms. The van der Waals surface area contributed by atoms with E-state index in [0.29, 0.717) is 11.3 Å². The summed E-state index contributed by atoms with van der Waals surface area (Å²) in [6, 6.07) is 10.5. The molecule has 0 fully saturated rings. The Labute approximate surface area is 259 Å². The van der Waals surface area contributed by atoms with Crippen LogP contribution in [0.25, 0.3) is 0 Å². The van der Waals surface area contributed by atoms with E-state index in [0.717, 1.165) is 0 Å². The molecule has 2 aromatic carbocycles. The molecular weight excluding hydrogens is 590 g/mol. The highest BCUT2D eigenvalue weighted by atomic mass is 16.5. The van der Waals surface area contributed by atoms with Crippen molar-refractivity contribution >= 4 is 47.2 Å². The van der Waals surface area contributed by atoms with Crippen molar-refractivity contribution in [3.8, 4) is 0 Å². The maximum atomic E-state index is 12.9. The molecule has 242 valence electrons. The molecule has 7 N–H and O–H groups in total. The van der Waals surface area contributed by atoms with E-state index in [1.165, 1.54) is 19.1 Å². The van der Waals surface area contributed by atoms with Crippen molar-refractivity contribution in [2.75, 3.05) is 18.9 Å². The van der Waals surface area contributed by atoms with Gasteiger partial charge in [0.2, 0.25) is 17.7 Å². The number of hydrogen-bond acceptors (Lipinski definition) is 10. The van der Waals surface area contributed by atoms with E-state index in [-0.39, 0.29) is 12.2 Å². The summed E-state index contributed by atoms with van der Waals surface area (Å²) in [4.78, 5) is 86.1. The number of carboxylic acids is 1. The molecule has 0 heterocycles. The van der Waals surface area contributed by atoms with Crippen LogP contribution in [0.2, 0.25) is 0 Å². The number of hydrogen-bond donors (Lipinski definition) is 6. The van der Waals surface area contributed by atoms with Crippen LogP contribution in [0.15, 0.2) is 54.6 Å². The van der Waals surface area contributed by atoms with Crippen LogP contribution in [-0.4, -0.2) is 77.9 Å². The largest absolute Gasteiger partial charge is 0.481 e. The zero-order chi connectivity index (χ0) is 33.5. The SMILES string of the molecule is CC(NC(=O)C(NC(=O)CNC(=O)OCc1ccc(N)cc1)C(C)C)C(=O)NC(CC(=O)O)C(=O)COC(=O)c1ccccc1. The summed E-state index contributed by atoms with van der Waals surface area (Å²) in [6.45, 7) is 3.23. The van der Waals surface area contributed by atoms with Gasteiger partial charge in [-0.1, -0.05) is 44.2 Å². The lowest BCUT2D eigenvalue weighted by Gasteiger charge is -2.25. The zero-order valence-electron chi connectivity index (χ0n) is 25.0. The number of nitrogen functional groups attached to an aromatic ring is 1. The molecular formula is C30H37N5O10. The average Bonchev–Trinajstić information content (AvgIpc) is 3.00. The number of benzene rings is 2. The number of amides is 4. The van der Waals surface area contributed by atoms with Gasteiger partial charge in [0.05, 0.1) is 12.0 Å². The van der Waals surface area contributed by atoms with E-state index in [4.69, 9.17) is 15.2 Å². The number of carboxylic acid groups (broad SMARTS) is 1. The van der Waals surface area contributed by atoms with Gasteiger partial charge in [-0.2, -0.15) is 0 Å². The minimum atomic E-state index is -1.55. The molecule has 0 aliphatic carbocycles. The molecule has 3 unspecified atom stereocenters. The fourth-order valence-corrected chi connectivity index (χ4v) is 3.71. The number of Topliss-reactive ketones (excluding diaryl/α,β-unsaturated/α-hetero) is 1. The van der Waals surface area contributed by atoms with E-state index >= 15 is 0 Å². The molecule has 0 aliphatic heterocycles. The van der Waals surface area contributed by atoms with Crippen molar-refractivity contribution in [2.24, 2.45) is 5.92 Å². The van der Waals surface area contributed by atoms with Gasteiger partial charge in [0.1, 0.15) is 31.3 Å². The number of nitrogens with one attached hydrogen (secondary N) is 4. The number of ether oxygens (including phenoxy) is 2. The minimum Gasteiger partial charge on any atom is -0.481 e. The van der Waals surface area contributed by atoms with Gasteiger partial charge in [-0.25, -0.2) is 9.59 Å². The number of rotatable bonds is 16. The van der Waals surface area contributed by atoms with Crippen molar-refractivity contribution in [2.45, 2.75) is 51.9 Å². The predicted molar refractivity (Wildman–Crippen MR) is 159 cm³/mol. The first-order valence-electron chi connectivity index (χ1n) is 13.9. The summed E-state index contributed by atoms with van der Waals surface area (Å²) in [6.07, 6.45) is -1.66. The highest BCUT2D eigenvalue weighted by Crippen LogP contribution is 2.07. The third kappa shape index (κ3) is 12.7. The molecule has 45 heavy (non-hydrogen) atoms. The maximum Gasteiger partial charge on any atom is 0.407 e. The first-order valence-corrected chi connectivity index (χ1v) is 13.9. The summed E-state index contributed by atoms with van der Waals surface area (Å²) in [5.74, 6) is -5.87. The van der Waals surface area contributed by atoms with Crippen LogP contribution in [0.3, 0.4) is 0 Å². The van der Waals surface area contributed by atoms with Gasteiger partial charge in [-0.15, -0.1) is 0 Å². The second kappa shape index (κ2) is 17.6. The van der Waals surface area contributed by atoms with Gasteiger partial charge in [0, 0.05) is 5.69 Å². The van der Waals surface area contributed by atoms with E-state index < -0.39 is 85.2 Å². The smallest absolute Gasteiger partial charge is 0.407 e. The molecule has 4 amide bonds. The zero-order valence-corrected chi connectivity index (χ0v) is 25.0. The van der Waals surface area contributed by atoms with Crippen molar-refractivity contribution < 1.29 is 48.1 Å². The summed E-state index contributed by atoms with van der Waals surface area (Å²) >= 11 is 0. The van der Waals surface area contributed by atoms with E-state index in [1.807, 2.05) is 0 Å². The second-order valence-corrected chi connectivity index (χ2v) is 10.3. The molecule has 0 aliphatic rings. The lowest BCUT2D eigenvalue weighted by Crippen LogP contribution is -2.57. The van der Waals surface area contributed by atoms with Gasteiger partial charge in [0.15, 0.2) is 12.4 Å². The third-order valence-corrected chi connectivity index (χ3v) is 6.20. The van der Waals surface area contributed by atoms with Crippen LogP contribution in [0.1, 0.15) is 43.1 Å². The average molecular weight is 628 g/mol. The number of anilines is 1. The standard InChI is InChI=1S/C30H37N5O10/c1-17(2)26(35-24(37)14-32-30(43)45-15-19-9-11-21(31)12-10-19)28(41)33-18(3)27(40)34-22(13-25(38)39)23(36)16-44-29(42)20-7-5-4-6-8-20/h4-12,17-18,22,26H,13-16,31H2,1-3H3,(H,32,43)(H,33,41)(H,34,40)(H,35,37)(H,38,39). The van der Waals surface area contributed by atoms with Gasteiger partial charge in [-0.3, -0.25) is 24.0 Å². The third-order valence-electron chi connectivity index (χ3n) is 6.20. The Bertz CT molecular complexity index is 1360. The number of carbonyl (C=O) groups is 7. The molecule has 0 saturated heterocycles. The molecule has 0 spiro atoms. The molecule has 0 aromatic heterocycles. The number of aliphatic carboxylic acids is 1. The molecule has 15 nitrogen and oxygen atoms in total. The van der Waals surface area contributed by atoms with Gasteiger partial charge < -0.3 is 41.6 Å². The first-order chi connectivity index (χ1) is 21.3. The normalized spacial score (nSPS) is 12.5. The summed E-state index contributed by atoms with van der Waals surface area (Å²) in [5.41, 5.74) is 7.02. The van der Waals surface area contributed by atoms with Crippen LogP contribution in [-0.2, 0) is 40.1 Å². The van der Waals surface area contributed by atoms with Crippen molar-refractivity contribution in [3.63, 3.8) is 0 Å². The molecule has 0 radical (unpaired) electrons. The first kappa shape index (κ1) is 35.7. The summed E-state index contributed by atoms with van der Waals surface area (Å²) < 4.78 is 9.98. The van der Waals surface area contributed by atoms with Crippen LogP contribution in [0.5, 0.6) is 0 Å². The van der Waals surface area contributed by atoms with Gasteiger partial charge >= 0.3 is 18.0 Å². The number of esters is 1. The fraction of sp³-hybridized carbons (Fsp3) is 0.367. The molecule has 3 atom stereocenters. The van der Waals surface area contributed by atoms with Gasteiger partial charge in [0.25, 0.3) is 0 Å². The minimum absolute atomic E-state index is 0.0531. The Morgan fingerprint density at radius 1 is 0.822 bits per heavy atom. The second-order valence-electron chi connectivity index (χ2n) is 10.3. The summed E-state index contributed by atoms with van der Waals surface area (Å²) in [7, 11) is 0. The van der Waals surface area contributed by atoms with Crippen molar-refractivity contribution in [1.82, 2.24) is 21.3 Å². The van der Waals surface area contributed by atoms with Crippen molar-refractivity contribution in [1.29, 1.82) is 0 Å². The van der Waals surface area contributed by atoms with Crippen molar-refractivity contribution in [3.05, 3.63) is 65.7 Å². The number of alkyl carbamates (subject to hydrolysis) is 1.